The number of hydrogen-bond acceptors (Lipinski definition) is 1. The van der Waals surface area contributed by atoms with Gasteiger partial charge in [0, 0.05) is 19.5 Å². The van der Waals surface area contributed by atoms with Crippen LogP contribution < -0.4 is 0 Å². The lowest BCUT2D eigenvalue weighted by Crippen LogP contribution is -2.34. The first-order chi connectivity index (χ1) is 13.2. The van der Waals surface area contributed by atoms with Gasteiger partial charge in [-0.25, -0.2) is 0 Å². The highest BCUT2D eigenvalue weighted by Gasteiger charge is 2.39. The van der Waals surface area contributed by atoms with Crippen LogP contribution in [0.25, 0.3) is 5.57 Å². The van der Waals surface area contributed by atoms with Crippen LogP contribution in [0, 0.1) is 5.92 Å². The van der Waals surface area contributed by atoms with E-state index < -0.39 is 0 Å². The van der Waals surface area contributed by atoms with Crippen molar-refractivity contribution >= 4 is 11.5 Å². The molecular weight excluding hydrogens is 336 g/mol. The molecule has 0 saturated heterocycles. The average molecular weight is 362 g/mol. The second-order valence-corrected chi connectivity index (χ2v) is 7.68. The molecule has 27 heavy (non-hydrogen) atoms. The number of halogens is 1. The Morgan fingerprint density at radius 3 is 2.63 bits per heavy atom. The van der Waals surface area contributed by atoms with Gasteiger partial charge in [-0.1, -0.05) is 60.2 Å². The highest BCUT2D eigenvalue weighted by atomic mass is 18.2. The molecule has 2 aliphatic carbocycles. The first-order valence-electron chi connectivity index (χ1n) is 9.87. The summed E-state index contributed by atoms with van der Waals surface area (Å²) in [6.07, 6.45) is 3.40. The number of alkyl halides is 1. The van der Waals surface area contributed by atoms with E-state index in [0.717, 1.165) is 24.8 Å². The molecule has 140 valence electrons. The molecular formula is C24H26FNO. The van der Waals surface area contributed by atoms with Crippen LogP contribution in [-0.2, 0) is 11.3 Å². The van der Waals surface area contributed by atoms with Crippen molar-refractivity contribution in [2.45, 2.75) is 38.1 Å². The number of rotatable bonds is 5. The zero-order valence-electron chi connectivity index (χ0n) is 15.8. The zero-order chi connectivity index (χ0) is 18.8. The summed E-state index contributed by atoms with van der Waals surface area (Å²) in [4.78, 5) is 15.2. The second-order valence-electron chi connectivity index (χ2n) is 7.68. The molecule has 0 fully saturated rings. The molecule has 2 aromatic carbocycles. The summed E-state index contributed by atoms with van der Waals surface area (Å²) in [7, 11) is 1.89. The monoisotopic (exact) mass is 362 g/mol. The van der Waals surface area contributed by atoms with Crippen molar-refractivity contribution in [3.8, 4) is 0 Å². The van der Waals surface area contributed by atoms with Crippen molar-refractivity contribution in [2.24, 2.45) is 5.92 Å². The van der Waals surface area contributed by atoms with Crippen LogP contribution in [0.2, 0.25) is 0 Å². The average Bonchev–Trinajstić information content (AvgIpc) is 3.03. The Kier molecular flexibility index (Phi) is 5.11. The van der Waals surface area contributed by atoms with Gasteiger partial charge in [-0.3, -0.25) is 9.18 Å². The minimum atomic E-state index is -0.317. The molecule has 0 aromatic heterocycles. The van der Waals surface area contributed by atoms with E-state index in [-0.39, 0.29) is 24.4 Å². The number of fused-ring (bicyclic) bond motifs is 2. The van der Waals surface area contributed by atoms with Crippen LogP contribution in [0.5, 0.6) is 0 Å². The molecule has 0 aliphatic heterocycles. The van der Waals surface area contributed by atoms with Crippen molar-refractivity contribution in [3.05, 3.63) is 76.9 Å². The van der Waals surface area contributed by atoms with Gasteiger partial charge in [0.25, 0.3) is 0 Å². The Labute approximate surface area is 160 Å². The standard InChI is InChI=1S/C24H26FNO/c1-26(16-17-8-3-2-4-9-17)24(27)22-13-7-12-21-19(14-15-25)18-10-5-6-11-20(18)23(21)22/h2-6,8-11,19,22H,7,12-16H2,1H3/i25-1. The lowest BCUT2D eigenvalue weighted by Gasteiger charge is -2.30. The minimum absolute atomic E-state index is 0.103. The van der Waals surface area contributed by atoms with Gasteiger partial charge in [-0.2, -0.15) is 0 Å². The van der Waals surface area contributed by atoms with Crippen molar-refractivity contribution in [2.75, 3.05) is 13.7 Å². The van der Waals surface area contributed by atoms with E-state index >= 15 is 0 Å². The number of nitrogens with zero attached hydrogens (tertiary/aromatic N) is 1. The maximum Gasteiger partial charge on any atom is 0.230 e. The number of hydrogen-bond donors (Lipinski definition) is 0. The lowest BCUT2D eigenvalue weighted by molar-refractivity contribution is -0.133. The van der Waals surface area contributed by atoms with E-state index in [1.807, 2.05) is 42.3 Å². The molecule has 0 spiro atoms. The number of allylic oxidation sites excluding steroid dienone is 1. The van der Waals surface area contributed by atoms with E-state index in [2.05, 4.69) is 24.3 Å². The van der Waals surface area contributed by atoms with Gasteiger partial charge in [-0.05, 0) is 47.9 Å². The van der Waals surface area contributed by atoms with E-state index in [4.69, 9.17) is 0 Å². The molecule has 0 saturated carbocycles. The fourth-order valence-corrected chi connectivity index (χ4v) is 4.84. The van der Waals surface area contributed by atoms with E-state index in [9.17, 15) is 9.18 Å². The first kappa shape index (κ1) is 18.0. The molecule has 2 unspecified atom stereocenters. The van der Waals surface area contributed by atoms with Gasteiger partial charge in [0.05, 0.1) is 12.6 Å². The van der Waals surface area contributed by atoms with Crippen LogP contribution in [0.3, 0.4) is 0 Å². The van der Waals surface area contributed by atoms with E-state index in [1.54, 1.807) is 0 Å². The minimum Gasteiger partial charge on any atom is -0.341 e. The second kappa shape index (κ2) is 7.67. The lowest BCUT2D eigenvalue weighted by atomic mass is 9.79. The largest absolute Gasteiger partial charge is 0.341 e. The molecule has 1 amide bonds. The molecule has 2 aliphatic rings. The summed E-state index contributed by atoms with van der Waals surface area (Å²) >= 11 is 0. The van der Waals surface area contributed by atoms with Gasteiger partial charge in [-0.15, -0.1) is 0 Å². The molecule has 2 atom stereocenters. The highest BCUT2D eigenvalue weighted by molar-refractivity contribution is 5.96. The van der Waals surface area contributed by atoms with E-state index in [0.29, 0.717) is 13.0 Å². The number of carbonyl (C=O) groups is 1. The Morgan fingerprint density at radius 1 is 1.11 bits per heavy atom. The van der Waals surface area contributed by atoms with E-state index in [1.165, 1.54) is 22.3 Å². The summed E-state index contributed by atoms with van der Waals surface area (Å²) in [6.45, 7) is 0.302. The normalized spacial score (nSPS) is 21.0. The quantitative estimate of drug-likeness (QED) is 0.701. The Balaban J connectivity index is 1.64. The Bertz CT molecular complexity index is 858. The van der Waals surface area contributed by atoms with Crippen LogP contribution >= 0.6 is 0 Å². The molecule has 0 heterocycles. The first-order valence-corrected chi connectivity index (χ1v) is 9.87. The highest BCUT2D eigenvalue weighted by Crippen LogP contribution is 2.52. The SMILES string of the molecule is CN(Cc1ccccc1)C(=O)C1CCCC2=C1c1ccccc1C2CC[18F]. The predicted octanol–water partition coefficient (Wildman–Crippen LogP) is 5.36. The summed E-state index contributed by atoms with van der Waals surface area (Å²) in [6, 6.07) is 18.4. The summed E-state index contributed by atoms with van der Waals surface area (Å²) in [5, 5.41) is 0. The number of amides is 1. The van der Waals surface area contributed by atoms with Crippen LogP contribution in [0.15, 0.2) is 60.2 Å². The predicted molar refractivity (Wildman–Crippen MR) is 107 cm³/mol. The van der Waals surface area contributed by atoms with Gasteiger partial charge < -0.3 is 4.90 Å². The van der Waals surface area contributed by atoms with Crippen LogP contribution in [0.4, 0.5) is 4.39 Å². The fraction of sp³-hybridized carbons (Fsp3) is 0.375. The van der Waals surface area contributed by atoms with Gasteiger partial charge in [0.15, 0.2) is 0 Å². The number of benzene rings is 2. The zero-order valence-corrected chi connectivity index (χ0v) is 15.8. The molecule has 2 nitrogen and oxygen atoms in total. The van der Waals surface area contributed by atoms with Crippen molar-refractivity contribution in [1.82, 2.24) is 4.90 Å². The van der Waals surface area contributed by atoms with Crippen molar-refractivity contribution in [3.63, 3.8) is 0 Å². The van der Waals surface area contributed by atoms with Gasteiger partial charge in [0.1, 0.15) is 0 Å². The smallest absolute Gasteiger partial charge is 0.230 e. The molecule has 2 aromatic rings. The van der Waals surface area contributed by atoms with Gasteiger partial charge >= 0.3 is 0 Å². The summed E-state index contributed by atoms with van der Waals surface area (Å²) < 4.78 is 13.2. The van der Waals surface area contributed by atoms with Gasteiger partial charge in [0.2, 0.25) is 5.91 Å². The topological polar surface area (TPSA) is 20.3 Å². The maximum absolute atomic E-state index is 13.3. The third-order valence-electron chi connectivity index (χ3n) is 6.02. The molecule has 0 bridgehead atoms. The summed E-state index contributed by atoms with van der Waals surface area (Å²) in [5.41, 5.74) is 6.04. The maximum atomic E-state index is 13.3. The molecule has 4 rings (SSSR count). The fourth-order valence-electron chi connectivity index (χ4n) is 4.84. The Morgan fingerprint density at radius 2 is 1.85 bits per heavy atom. The molecule has 3 heteroatoms. The Hall–Kier alpha value is -2.42. The number of carbonyl (C=O) groups excluding carboxylic acids is 1. The van der Waals surface area contributed by atoms with Crippen molar-refractivity contribution < 1.29 is 9.18 Å². The van der Waals surface area contributed by atoms with Crippen LogP contribution in [-0.4, -0.2) is 24.5 Å². The third-order valence-corrected chi connectivity index (χ3v) is 6.02. The third kappa shape index (κ3) is 3.31. The molecule has 0 N–H and O–H groups in total. The summed E-state index contributed by atoms with van der Waals surface area (Å²) in [5.74, 6) is 0.228. The van der Waals surface area contributed by atoms with Crippen molar-refractivity contribution in [1.29, 1.82) is 0 Å². The van der Waals surface area contributed by atoms with Crippen LogP contribution in [0.1, 0.15) is 48.3 Å². The molecule has 0 radical (unpaired) electrons.